The summed E-state index contributed by atoms with van der Waals surface area (Å²) in [6.07, 6.45) is 3.62. The molecule has 0 saturated heterocycles. The van der Waals surface area contributed by atoms with Gasteiger partial charge in [-0.3, -0.25) is 4.79 Å². The number of amides is 1. The number of ether oxygens (including phenoxy) is 1. The van der Waals surface area contributed by atoms with Gasteiger partial charge in [0.2, 0.25) is 5.91 Å². The summed E-state index contributed by atoms with van der Waals surface area (Å²) >= 11 is 0. The van der Waals surface area contributed by atoms with Gasteiger partial charge in [-0.25, -0.2) is 0 Å². The quantitative estimate of drug-likeness (QED) is 0.710. The highest BCUT2D eigenvalue weighted by Gasteiger charge is 2.06. The fourth-order valence-electron chi connectivity index (χ4n) is 1.84. The van der Waals surface area contributed by atoms with Crippen molar-refractivity contribution in [3.05, 3.63) is 23.8 Å². The lowest BCUT2D eigenvalue weighted by atomic mass is 10.1. The van der Waals surface area contributed by atoms with Gasteiger partial charge in [0.1, 0.15) is 5.75 Å². The Hall–Kier alpha value is -1.55. The van der Waals surface area contributed by atoms with Gasteiger partial charge in [0.25, 0.3) is 0 Å². The summed E-state index contributed by atoms with van der Waals surface area (Å²) in [5.41, 5.74) is 1.39. The van der Waals surface area contributed by atoms with Crippen LogP contribution in [0.1, 0.15) is 45.1 Å². The summed E-state index contributed by atoms with van der Waals surface area (Å²) in [4.78, 5) is 11.7. The van der Waals surface area contributed by atoms with Crippen molar-refractivity contribution < 1.29 is 14.6 Å². The lowest BCUT2D eigenvalue weighted by Crippen LogP contribution is -2.11. The Kier molecular flexibility index (Phi) is 6.97. The van der Waals surface area contributed by atoms with Crippen LogP contribution in [-0.2, 0) is 11.4 Å². The molecule has 4 nitrogen and oxygen atoms in total. The molecule has 106 valence electrons. The SMILES string of the molecule is CCCCCC(=O)Nc1ccc(OCC)c(CO)c1. The number of anilines is 1. The zero-order valence-corrected chi connectivity index (χ0v) is 11.7. The summed E-state index contributed by atoms with van der Waals surface area (Å²) in [5.74, 6) is 0.676. The Balaban J connectivity index is 2.61. The topological polar surface area (TPSA) is 58.6 Å². The number of rotatable bonds is 8. The molecule has 0 unspecified atom stereocenters. The largest absolute Gasteiger partial charge is 0.494 e. The molecular formula is C15H23NO3. The second-order valence-electron chi connectivity index (χ2n) is 4.42. The van der Waals surface area contributed by atoms with E-state index in [0.717, 1.165) is 19.3 Å². The van der Waals surface area contributed by atoms with Gasteiger partial charge in [-0.1, -0.05) is 19.8 Å². The minimum atomic E-state index is -0.102. The number of hydrogen-bond acceptors (Lipinski definition) is 3. The van der Waals surface area contributed by atoms with Crippen molar-refractivity contribution >= 4 is 11.6 Å². The molecule has 1 aromatic rings. The third kappa shape index (κ3) is 5.30. The number of aliphatic hydroxyl groups excluding tert-OH is 1. The van der Waals surface area contributed by atoms with Crippen LogP contribution >= 0.6 is 0 Å². The first-order chi connectivity index (χ1) is 9.21. The monoisotopic (exact) mass is 265 g/mol. The van der Waals surface area contributed by atoms with Crippen LogP contribution in [-0.4, -0.2) is 17.6 Å². The van der Waals surface area contributed by atoms with Gasteiger partial charge in [0, 0.05) is 17.7 Å². The Morgan fingerprint density at radius 3 is 2.74 bits per heavy atom. The van der Waals surface area contributed by atoms with Crippen molar-refractivity contribution in [1.82, 2.24) is 0 Å². The van der Waals surface area contributed by atoms with Crippen molar-refractivity contribution in [2.45, 2.75) is 46.1 Å². The Morgan fingerprint density at radius 2 is 2.11 bits per heavy atom. The first kappa shape index (κ1) is 15.5. The Labute approximate surface area is 114 Å². The van der Waals surface area contributed by atoms with E-state index in [4.69, 9.17) is 4.74 Å². The standard InChI is InChI=1S/C15H23NO3/c1-3-5-6-7-15(18)16-13-8-9-14(19-4-2)12(10-13)11-17/h8-10,17H,3-7,11H2,1-2H3,(H,16,18). The van der Waals surface area contributed by atoms with E-state index in [-0.39, 0.29) is 12.5 Å². The van der Waals surface area contributed by atoms with E-state index in [2.05, 4.69) is 12.2 Å². The molecule has 0 atom stereocenters. The first-order valence-electron chi connectivity index (χ1n) is 6.87. The lowest BCUT2D eigenvalue weighted by molar-refractivity contribution is -0.116. The van der Waals surface area contributed by atoms with E-state index in [1.165, 1.54) is 0 Å². The highest BCUT2D eigenvalue weighted by Crippen LogP contribution is 2.23. The average Bonchev–Trinajstić information content (AvgIpc) is 2.41. The summed E-state index contributed by atoms with van der Waals surface area (Å²) in [5, 5.41) is 12.1. The van der Waals surface area contributed by atoms with Gasteiger partial charge in [-0.15, -0.1) is 0 Å². The van der Waals surface area contributed by atoms with Gasteiger partial charge in [0.15, 0.2) is 0 Å². The fraction of sp³-hybridized carbons (Fsp3) is 0.533. The van der Waals surface area contributed by atoms with Crippen LogP contribution < -0.4 is 10.1 Å². The molecule has 0 aromatic heterocycles. The van der Waals surface area contributed by atoms with Gasteiger partial charge in [-0.2, -0.15) is 0 Å². The number of hydrogen-bond donors (Lipinski definition) is 2. The third-order valence-electron chi connectivity index (χ3n) is 2.82. The maximum atomic E-state index is 11.7. The molecule has 0 saturated carbocycles. The molecule has 0 radical (unpaired) electrons. The van der Waals surface area contributed by atoms with Gasteiger partial charge < -0.3 is 15.2 Å². The molecule has 0 heterocycles. The number of benzene rings is 1. The first-order valence-corrected chi connectivity index (χ1v) is 6.87. The van der Waals surface area contributed by atoms with Gasteiger partial charge in [0.05, 0.1) is 13.2 Å². The molecule has 0 aliphatic rings. The molecule has 4 heteroatoms. The van der Waals surface area contributed by atoms with Crippen molar-refractivity contribution in [3.63, 3.8) is 0 Å². The minimum Gasteiger partial charge on any atom is -0.494 e. The summed E-state index contributed by atoms with van der Waals surface area (Å²) in [6.45, 7) is 4.45. The van der Waals surface area contributed by atoms with E-state index >= 15 is 0 Å². The van der Waals surface area contributed by atoms with Crippen LogP contribution in [0.25, 0.3) is 0 Å². The average molecular weight is 265 g/mol. The predicted molar refractivity (Wildman–Crippen MR) is 76.3 cm³/mol. The zero-order chi connectivity index (χ0) is 14.1. The van der Waals surface area contributed by atoms with Crippen LogP contribution in [0.5, 0.6) is 5.75 Å². The van der Waals surface area contributed by atoms with E-state index in [9.17, 15) is 9.90 Å². The maximum absolute atomic E-state index is 11.7. The van der Waals surface area contributed by atoms with Crippen molar-refractivity contribution in [3.8, 4) is 5.75 Å². The molecule has 0 bridgehead atoms. The van der Waals surface area contributed by atoms with Crippen molar-refractivity contribution in [2.75, 3.05) is 11.9 Å². The van der Waals surface area contributed by atoms with E-state index < -0.39 is 0 Å². The van der Waals surface area contributed by atoms with E-state index in [1.54, 1.807) is 18.2 Å². The Morgan fingerprint density at radius 1 is 1.32 bits per heavy atom. The predicted octanol–water partition coefficient (Wildman–Crippen LogP) is 3.10. The van der Waals surface area contributed by atoms with Crippen LogP contribution in [0, 0.1) is 0 Å². The maximum Gasteiger partial charge on any atom is 0.224 e. The lowest BCUT2D eigenvalue weighted by Gasteiger charge is -2.11. The van der Waals surface area contributed by atoms with Crippen LogP contribution in [0.2, 0.25) is 0 Å². The fourth-order valence-corrected chi connectivity index (χ4v) is 1.84. The molecule has 2 N–H and O–H groups in total. The summed E-state index contributed by atoms with van der Waals surface area (Å²) < 4.78 is 5.39. The van der Waals surface area contributed by atoms with Gasteiger partial charge >= 0.3 is 0 Å². The van der Waals surface area contributed by atoms with E-state index in [0.29, 0.717) is 30.0 Å². The smallest absolute Gasteiger partial charge is 0.224 e. The van der Waals surface area contributed by atoms with Gasteiger partial charge in [-0.05, 0) is 31.5 Å². The van der Waals surface area contributed by atoms with Crippen molar-refractivity contribution in [2.24, 2.45) is 0 Å². The normalized spacial score (nSPS) is 10.3. The second-order valence-corrected chi connectivity index (χ2v) is 4.42. The molecule has 1 aromatic carbocycles. The molecule has 1 rings (SSSR count). The zero-order valence-electron chi connectivity index (χ0n) is 11.7. The molecule has 19 heavy (non-hydrogen) atoms. The number of aliphatic hydroxyl groups is 1. The summed E-state index contributed by atoms with van der Waals surface area (Å²) in [6, 6.07) is 5.32. The summed E-state index contributed by atoms with van der Waals surface area (Å²) in [7, 11) is 0. The number of nitrogens with one attached hydrogen (secondary N) is 1. The molecular weight excluding hydrogens is 242 g/mol. The molecule has 0 aliphatic carbocycles. The van der Waals surface area contributed by atoms with Crippen LogP contribution in [0.3, 0.4) is 0 Å². The van der Waals surface area contributed by atoms with Crippen LogP contribution in [0.15, 0.2) is 18.2 Å². The minimum absolute atomic E-state index is 0.0153. The van der Waals surface area contributed by atoms with E-state index in [1.807, 2.05) is 6.92 Å². The highest BCUT2D eigenvalue weighted by atomic mass is 16.5. The second kappa shape index (κ2) is 8.53. The highest BCUT2D eigenvalue weighted by molar-refractivity contribution is 5.90. The number of carbonyl (C=O) groups excluding carboxylic acids is 1. The van der Waals surface area contributed by atoms with Crippen LogP contribution in [0.4, 0.5) is 5.69 Å². The number of carbonyl (C=O) groups is 1. The molecule has 0 spiro atoms. The third-order valence-corrected chi connectivity index (χ3v) is 2.82. The molecule has 0 fully saturated rings. The number of unbranched alkanes of at least 4 members (excludes halogenated alkanes) is 2. The molecule has 1 amide bonds. The Bertz CT molecular complexity index is 404. The van der Waals surface area contributed by atoms with Crippen molar-refractivity contribution in [1.29, 1.82) is 0 Å². The molecule has 0 aliphatic heterocycles.